The molecule has 1 saturated carbocycles. The molecule has 1 unspecified atom stereocenters. The second-order valence-electron chi connectivity index (χ2n) is 6.46. The zero-order chi connectivity index (χ0) is 14.5. The number of hydrogen-bond acceptors (Lipinski definition) is 2. The molecular formula is C18H26N2O. The molecule has 3 rings (SSSR count). The zero-order valence-corrected chi connectivity index (χ0v) is 12.8. The number of benzene rings is 1. The standard InChI is InChI=1S/C18H26N2O/c21-18(19-16-9-3-1-4-10-16)15-8-7-13-20(14-15)17-11-5-2-6-12-17/h2,5-6,11-12,15-16H,1,3-4,7-10,13-14H2,(H,19,21). The fraction of sp³-hybridized carbons (Fsp3) is 0.611. The van der Waals surface area contributed by atoms with Crippen LogP contribution in [0.25, 0.3) is 0 Å². The van der Waals surface area contributed by atoms with Gasteiger partial charge < -0.3 is 10.2 Å². The third kappa shape index (κ3) is 3.78. The van der Waals surface area contributed by atoms with Crippen molar-refractivity contribution in [2.24, 2.45) is 5.92 Å². The zero-order valence-electron chi connectivity index (χ0n) is 12.8. The molecule has 2 aliphatic rings. The maximum atomic E-state index is 12.5. The monoisotopic (exact) mass is 286 g/mol. The normalized spacial score (nSPS) is 23.8. The molecule has 0 radical (unpaired) electrons. The molecule has 1 amide bonds. The molecule has 1 atom stereocenters. The van der Waals surface area contributed by atoms with Gasteiger partial charge in [0.2, 0.25) is 5.91 Å². The first-order valence-corrected chi connectivity index (χ1v) is 8.43. The van der Waals surface area contributed by atoms with Crippen molar-refractivity contribution in [3.8, 4) is 0 Å². The molecular weight excluding hydrogens is 260 g/mol. The average molecular weight is 286 g/mol. The fourth-order valence-electron chi connectivity index (χ4n) is 3.63. The Kier molecular flexibility index (Phi) is 4.79. The molecule has 21 heavy (non-hydrogen) atoms. The quantitative estimate of drug-likeness (QED) is 0.924. The summed E-state index contributed by atoms with van der Waals surface area (Å²) in [5.74, 6) is 0.434. The van der Waals surface area contributed by atoms with E-state index in [4.69, 9.17) is 0 Å². The summed E-state index contributed by atoms with van der Waals surface area (Å²) in [6, 6.07) is 10.9. The second-order valence-corrected chi connectivity index (χ2v) is 6.46. The number of anilines is 1. The highest BCUT2D eigenvalue weighted by Crippen LogP contribution is 2.24. The van der Waals surface area contributed by atoms with Crippen molar-refractivity contribution in [2.75, 3.05) is 18.0 Å². The summed E-state index contributed by atoms with van der Waals surface area (Å²) in [5, 5.41) is 3.29. The lowest BCUT2D eigenvalue weighted by Gasteiger charge is -2.34. The van der Waals surface area contributed by atoms with Gasteiger partial charge in [-0.2, -0.15) is 0 Å². The molecule has 1 heterocycles. The molecule has 1 aromatic carbocycles. The van der Waals surface area contributed by atoms with Gasteiger partial charge >= 0.3 is 0 Å². The van der Waals surface area contributed by atoms with E-state index in [2.05, 4.69) is 34.5 Å². The summed E-state index contributed by atoms with van der Waals surface area (Å²) in [4.78, 5) is 14.9. The van der Waals surface area contributed by atoms with E-state index >= 15 is 0 Å². The fourth-order valence-corrected chi connectivity index (χ4v) is 3.63. The highest BCUT2D eigenvalue weighted by atomic mass is 16.2. The summed E-state index contributed by atoms with van der Waals surface area (Å²) in [6.45, 7) is 1.93. The highest BCUT2D eigenvalue weighted by Gasteiger charge is 2.27. The first kappa shape index (κ1) is 14.4. The molecule has 3 heteroatoms. The Balaban J connectivity index is 1.56. The number of nitrogens with one attached hydrogen (secondary N) is 1. The summed E-state index contributed by atoms with van der Waals surface area (Å²) < 4.78 is 0. The molecule has 0 aromatic heterocycles. The van der Waals surface area contributed by atoms with Gasteiger partial charge in [0.15, 0.2) is 0 Å². The van der Waals surface area contributed by atoms with Crippen LogP contribution in [0, 0.1) is 5.92 Å². The Bertz CT molecular complexity index is 454. The van der Waals surface area contributed by atoms with Crippen LogP contribution in [0.5, 0.6) is 0 Å². The van der Waals surface area contributed by atoms with E-state index in [9.17, 15) is 4.79 Å². The van der Waals surface area contributed by atoms with Crippen LogP contribution in [-0.4, -0.2) is 25.0 Å². The molecule has 0 bridgehead atoms. The van der Waals surface area contributed by atoms with Crippen molar-refractivity contribution in [3.05, 3.63) is 30.3 Å². The van der Waals surface area contributed by atoms with Crippen LogP contribution >= 0.6 is 0 Å². The molecule has 1 N–H and O–H groups in total. The number of piperidine rings is 1. The Morgan fingerprint density at radius 3 is 2.52 bits per heavy atom. The van der Waals surface area contributed by atoms with Gasteiger partial charge in [-0.1, -0.05) is 37.5 Å². The van der Waals surface area contributed by atoms with E-state index in [0.29, 0.717) is 6.04 Å². The molecule has 114 valence electrons. The van der Waals surface area contributed by atoms with Gasteiger partial charge in [0, 0.05) is 24.8 Å². The van der Waals surface area contributed by atoms with Crippen LogP contribution in [0.3, 0.4) is 0 Å². The van der Waals surface area contributed by atoms with Crippen LogP contribution in [0.4, 0.5) is 5.69 Å². The third-order valence-corrected chi connectivity index (χ3v) is 4.87. The number of carbonyl (C=O) groups excluding carboxylic acids is 1. The van der Waals surface area contributed by atoms with Crippen LogP contribution in [0.15, 0.2) is 30.3 Å². The van der Waals surface area contributed by atoms with Gasteiger partial charge in [-0.25, -0.2) is 0 Å². The van der Waals surface area contributed by atoms with E-state index in [1.54, 1.807) is 0 Å². The molecule has 3 nitrogen and oxygen atoms in total. The molecule has 1 aromatic rings. The van der Waals surface area contributed by atoms with Gasteiger partial charge in [-0.3, -0.25) is 4.79 Å². The second kappa shape index (κ2) is 6.97. The lowest BCUT2D eigenvalue weighted by molar-refractivity contribution is -0.126. The minimum absolute atomic E-state index is 0.154. The first-order chi connectivity index (χ1) is 10.3. The first-order valence-electron chi connectivity index (χ1n) is 8.43. The van der Waals surface area contributed by atoms with Crippen LogP contribution in [-0.2, 0) is 4.79 Å². The van der Waals surface area contributed by atoms with Gasteiger partial charge in [-0.05, 0) is 37.8 Å². The number of rotatable bonds is 3. The van der Waals surface area contributed by atoms with Gasteiger partial charge in [0.1, 0.15) is 0 Å². The van der Waals surface area contributed by atoms with Gasteiger partial charge in [0.05, 0.1) is 5.92 Å². The molecule has 1 aliphatic heterocycles. The Labute approximate surface area is 127 Å². The number of hydrogen-bond donors (Lipinski definition) is 1. The Morgan fingerprint density at radius 2 is 1.76 bits per heavy atom. The van der Waals surface area contributed by atoms with Crippen molar-refractivity contribution in [1.82, 2.24) is 5.32 Å². The number of para-hydroxylation sites is 1. The number of carbonyl (C=O) groups is 1. The minimum atomic E-state index is 0.154. The van der Waals surface area contributed by atoms with Crippen molar-refractivity contribution in [1.29, 1.82) is 0 Å². The molecule has 2 fully saturated rings. The smallest absolute Gasteiger partial charge is 0.225 e. The summed E-state index contributed by atoms with van der Waals surface area (Å²) in [5.41, 5.74) is 1.24. The minimum Gasteiger partial charge on any atom is -0.371 e. The topological polar surface area (TPSA) is 32.3 Å². The predicted octanol–water partition coefficient (Wildman–Crippen LogP) is 3.35. The molecule has 0 spiro atoms. The maximum absolute atomic E-state index is 12.5. The maximum Gasteiger partial charge on any atom is 0.225 e. The van der Waals surface area contributed by atoms with E-state index in [0.717, 1.165) is 25.9 Å². The predicted molar refractivity (Wildman–Crippen MR) is 86.4 cm³/mol. The van der Waals surface area contributed by atoms with Gasteiger partial charge in [0.25, 0.3) is 0 Å². The van der Waals surface area contributed by atoms with E-state index in [1.807, 2.05) is 6.07 Å². The molecule has 1 saturated heterocycles. The van der Waals surface area contributed by atoms with Crippen LogP contribution < -0.4 is 10.2 Å². The SMILES string of the molecule is O=C(NC1CCCCC1)C1CCCN(c2ccccc2)C1. The van der Waals surface area contributed by atoms with Crippen molar-refractivity contribution >= 4 is 11.6 Å². The van der Waals surface area contributed by atoms with Crippen molar-refractivity contribution in [3.63, 3.8) is 0 Å². The highest BCUT2D eigenvalue weighted by molar-refractivity contribution is 5.80. The summed E-state index contributed by atoms with van der Waals surface area (Å²) >= 11 is 0. The molecule has 1 aliphatic carbocycles. The number of nitrogens with zero attached hydrogens (tertiary/aromatic N) is 1. The largest absolute Gasteiger partial charge is 0.371 e. The lowest BCUT2D eigenvalue weighted by Crippen LogP contribution is -2.46. The summed E-state index contributed by atoms with van der Waals surface area (Å²) in [6.07, 6.45) is 8.34. The van der Waals surface area contributed by atoms with E-state index < -0.39 is 0 Å². The van der Waals surface area contributed by atoms with Crippen molar-refractivity contribution < 1.29 is 4.79 Å². The lowest BCUT2D eigenvalue weighted by atomic mass is 9.93. The Hall–Kier alpha value is -1.51. The number of amides is 1. The Morgan fingerprint density at radius 1 is 1.00 bits per heavy atom. The van der Waals surface area contributed by atoms with Gasteiger partial charge in [-0.15, -0.1) is 0 Å². The third-order valence-electron chi connectivity index (χ3n) is 4.87. The van der Waals surface area contributed by atoms with Crippen molar-refractivity contribution in [2.45, 2.75) is 51.0 Å². The summed E-state index contributed by atoms with van der Waals surface area (Å²) in [7, 11) is 0. The van der Waals surface area contributed by atoms with Crippen LogP contribution in [0.1, 0.15) is 44.9 Å². The van der Waals surface area contributed by atoms with E-state index in [-0.39, 0.29) is 11.8 Å². The van der Waals surface area contributed by atoms with Crippen LogP contribution in [0.2, 0.25) is 0 Å². The van der Waals surface area contributed by atoms with E-state index in [1.165, 1.54) is 37.8 Å². The average Bonchev–Trinajstić information content (AvgIpc) is 2.57.